The molecule has 10 heteroatoms. The lowest BCUT2D eigenvalue weighted by molar-refractivity contribution is -0.140. The molecule has 0 bridgehead atoms. The van der Waals surface area contributed by atoms with Crippen molar-refractivity contribution in [1.82, 2.24) is 20.1 Å². The standard InChI is InChI=1S/C32H47N5O4S/c1-7-21(2)29(36(5)28(39)20-33)22(3)18-27(38)37-16-11-14-26(37)30(41-6)23(4)31(40)35-25(32-34-15-17-42-32)19-24-12-9-8-10-13-24/h8-10,12-13,15,17,22-23,25-26,30H,7,11,14,16,18-20,33H2,1-6H3,(H,35,40)/b29-21+/t22-,23-,25+,26+,30-/m1/s1. The number of likely N-dealkylation sites (tertiary alicyclic amines) is 1. The summed E-state index contributed by atoms with van der Waals surface area (Å²) in [6.07, 6.45) is 4.55. The molecule has 0 spiro atoms. The molecular weight excluding hydrogens is 550 g/mol. The fraction of sp³-hybridized carbons (Fsp3) is 0.562. The number of methoxy groups -OCH3 is 1. The zero-order valence-electron chi connectivity index (χ0n) is 25.8. The van der Waals surface area contributed by atoms with Gasteiger partial charge in [-0.15, -0.1) is 11.3 Å². The number of benzene rings is 1. The zero-order valence-corrected chi connectivity index (χ0v) is 26.7. The van der Waals surface area contributed by atoms with Crippen molar-refractivity contribution < 1.29 is 19.1 Å². The quantitative estimate of drug-likeness (QED) is 0.335. The van der Waals surface area contributed by atoms with Gasteiger partial charge in [-0.1, -0.05) is 56.7 Å². The number of nitrogens with zero attached hydrogens (tertiary/aromatic N) is 3. The second-order valence-corrected chi connectivity index (χ2v) is 12.1. The molecule has 1 fully saturated rings. The van der Waals surface area contributed by atoms with Crippen LogP contribution in [0.1, 0.15) is 70.0 Å². The predicted octanol–water partition coefficient (Wildman–Crippen LogP) is 4.31. The summed E-state index contributed by atoms with van der Waals surface area (Å²) in [5.74, 6) is -0.970. The molecule has 1 aromatic carbocycles. The van der Waals surface area contributed by atoms with Gasteiger partial charge in [0.05, 0.1) is 30.7 Å². The van der Waals surface area contributed by atoms with Gasteiger partial charge in [-0.3, -0.25) is 14.4 Å². The molecule has 2 aromatic rings. The fourth-order valence-electron chi connectivity index (χ4n) is 6.01. The van der Waals surface area contributed by atoms with Crippen molar-refractivity contribution in [3.8, 4) is 0 Å². The van der Waals surface area contributed by atoms with Gasteiger partial charge in [-0.25, -0.2) is 4.98 Å². The second kappa shape index (κ2) is 16.0. The van der Waals surface area contributed by atoms with E-state index in [2.05, 4.69) is 10.3 Å². The minimum absolute atomic E-state index is 0.000557. The zero-order chi connectivity index (χ0) is 30.8. The number of amides is 3. The Morgan fingerprint density at radius 3 is 2.55 bits per heavy atom. The third-order valence-corrected chi connectivity index (χ3v) is 9.24. The minimum Gasteiger partial charge on any atom is -0.378 e. The van der Waals surface area contributed by atoms with Gasteiger partial charge in [-0.2, -0.15) is 0 Å². The number of allylic oxidation sites excluding steroid dienone is 2. The molecule has 5 atom stereocenters. The lowest BCUT2D eigenvalue weighted by atomic mass is 9.93. The van der Waals surface area contributed by atoms with Crippen LogP contribution < -0.4 is 11.1 Å². The van der Waals surface area contributed by atoms with Gasteiger partial charge in [0.25, 0.3) is 0 Å². The number of ether oxygens (including phenoxy) is 1. The van der Waals surface area contributed by atoms with Crippen LogP contribution in [0.2, 0.25) is 0 Å². The average molecular weight is 598 g/mol. The van der Waals surface area contributed by atoms with Crippen molar-refractivity contribution in [2.75, 3.05) is 27.2 Å². The summed E-state index contributed by atoms with van der Waals surface area (Å²) in [7, 11) is 3.33. The van der Waals surface area contributed by atoms with Crippen molar-refractivity contribution >= 4 is 29.1 Å². The van der Waals surface area contributed by atoms with Crippen molar-refractivity contribution in [3.63, 3.8) is 0 Å². The molecule has 0 saturated carbocycles. The number of likely N-dealkylation sites (N-methyl/N-ethyl adjacent to an activating group) is 1. The van der Waals surface area contributed by atoms with E-state index >= 15 is 0 Å². The normalized spacial score (nSPS) is 18.5. The lowest BCUT2D eigenvalue weighted by Gasteiger charge is -2.35. The Hall–Kier alpha value is -3.08. The van der Waals surface area contributed by atoms with Crippen LogP contribution in [0, 0.1) is 11.8 Å². The molecule has 1 aromatic heterocycles. The van der Waals surface area contributed by atoms with Crippen LogP contribution in [-0.4, -0.2) is 71.9 Å². The summed E-state index contributed by atoms with van der Waals surface area (Å²) in [6, 6.07) is 9.56. The number of hydrogen-bond acceptors (Lipinski definition) is 7. The van der Waals surface area contributed by atoms with Crippen molar-refractivity contribution in [1.29, 1.82) is 0 Å². The van der Waals surface area contributed by atoms with Crippen molar-refractivity contribution in [2.45, 2.75) is 78.0 Å². The van der Waals surface area contributed by atoms with E-state index in [4.69, 9.17) is 10.5 Å². The smallest absolute Gasteiger partial charge is 0.240 e. The number of carbonyl (C=O) groups is 3. The van der Waals surface area contributed by atoms with E-state index in [1.165, 1.54) is 11.3 Å². The Kier molecular flexibility index (Phi) is 12.7. The van der Waals surface area contributed by atoms with E-state index in [-0.39, 0.29) is 48.7 Å². The van der Waals surface area contributed by atoms with Crippen molar-refractivity contribution in [3.05, 3.63) is 63.7 Å². The van der Waals surface area contributed by atoms with Gasteiger partial charge in [-0.05, 0) is 38.2 Å². The Labute approximate surface area is 254 Å². The van der Waals surface area contributed by atoms with E-state index in [0.29, 0.717) is 13.0 Å². The van der Waals surface area contributed by atoms with E-state index in [9.17, 15) is 14.4 Å². The molecule has 3 N–H and O–H groups in total. The van der Waals surface area contributed by atoms with Crippen LogP contribution >= 0.6 is 11.3 Å². The van der Waals surface area contributed by atoms with E-state index in [1.54, 1.807) is 25.3 Å². The molecule has 42 heavy (non-hydrogen) atoms. The number of carbonyl (C=O) groups excluding carboxylic acids is 3. The molecule has 0 radical (unpaired) electrons. The summed E-state index contributed by atoms with van der Waals surface area (Å²) in [5, 5.41) is 5.98. The molecular formula is C32H47N5O4S. The van der Waals surface area contributed by atoms with Crippen LogP contribution in [0.3, 0.4) is 0 Å². The maximum atomic E-state index is 13.7. The first-order chi connectivity index (χ1) is 20.1. The topological polar surface area (TPSA) is 118 Å². The van der Waals surface area contributed by atoms with Gasteiger partial charge in [0.2, 0.25) is 17.7 Å². The largest absolute Gasteiger partial charge is 0.378 e. The maximum Gasteiger partial charge on any atom is 0.240 e. The fourth-order valence-corrected chi connectivity index (χ4v) is 6.70. The minimum atomic E-state index is -0.491. The number of nitrogens with one attached hydrogen (secondary N) is 1. The highest BCUT2D eigenvalue weighted by Crippen LogP contribution is 2.31. The van der Waals surface area contributed by atoms with E-state index in [1.807, 2.05) is 68.3 Å². The second-order valence-electron chi connectivity index (χ2n) is 11.2. The highest BCUT2D eigenvalue weighted by molar-refractivity contribution is 7.09. The van der Waals surface area contributed by atoms with Crippen LogP contribution in [0.5, 0.6) is 0 Å². The van der Waals surface area contributed by atoms with Gasteiger partial charge >= 0.3 is 0 Å². The number of aromatic nitrogens is 1. The Balaban J connectivity index is 1.73. The summed E-state index contributed by atoms with van der Waals surface area (Å²) in [4.78, 5) is 47.7. The molecule has 1 aliphatic heterocycles. The first kappa shape index (κ1) is 33.4. The molecule has 230 valence electrons. The molecule has 1 aliphatic rings. The summed E-state index contributed by atoms with van der Waals surface area (Å²) in [5.41, 5.74) is 8.65. The Bertz CT molecular complexity index is 1200. The van der Waals surface area contributed by atoms with Crippen LogP contribution in [0.4, 0.5) is 0 Å². The monoisotopic (exact) mass is 597 g/mol. The van der Waals surface area contributed by atoms with Crippen molar-refractivity contribution in [2.24, 2.45) is 17.6 Å². The third-order valence-electron chi connectivity index (χ3n) is 8.35. The molecule has 9 nitrogen and oxygen atoms in total. The summed E-state index contributed by atoms with van der Waals surface area (Å²) >= 11 is 1.52. The summed E-state index contributed by atoms with van der Waals surface area (Å²) in [6.45, 7) is 8.41. The Morgan fingerprint density at radius 1 is 1.24 bits per heavy atom. The Morgan fingerprint density at radius 2 is 1.95 bits per heavy atom. The maximum absolute atomic E-state index is 13.7. The first-order valence-corrected chi connectivity index (χ1v) is 15.7. The van der Waals surface area contributed by atoms with Gasteiger partial charge in [0.1, 0.15) is 5.01 Å². The lowest BCUT2D eigenvalue weighted by Crippen LogP contribution is -2.50. The SMILES string of the molecule is CC/C(C)=C(\[C@H](C)CC(=O)N1CCC[C@H]1[C@H](OC)[C@@H](C)C(=O)N[C@@H](Cc1ccccc1)c1nccs1)N(C)C(=O)CN. The van der Waals surface area contributed by atoms with Gasteiger partial charge in [0.15, 0.2) is 0 Å². The van der Waals surface area contributed by atoms with E-state index < -0.39 is 12.0 Å². The molecule has 3 rings (SSSR count). The number of thiazole rings is 1. The first-order valence-electron chi connectivity index (χ1n) is 14.8. The van der Waals surface area contributed by atoms with Gasteiger partial charge in [0, 0.05) is 50.3 Å². The van der Waals surface area contributed by atoms with E-state index in [0.717, 1.165) is 41.1 Å². The highest BCUT2D eigenvalue weighted by Gasteiger charge is 2.40. The number of rotatable bonds is 14. The molecule has 3 amide bonds. The van der Waals surface area contributed by atoms with Crippen LogP contribution in [-0.2, 0) is 25.5 Å². The molecule has 2 heterocycles. The molecule has 0 unspecified atom stereocenters. The van der Waals surface area contributed by atoms with Crippen LogP contribution in [0.15, 0.2) is 53.2 Å². The number of hydrogen-bond donors (Lipinski definition) is 2. The average Bonchev–Trinajstić information content (AvgIpc) is 3.70. The predicted molar refractivity (Wildman–Crippen MR) is 166 cm³/mol. The number of nitrogens with two attached hydrogens (primary N) is 1. The summed E-state index contributed by atoms with van der Waals surface area (Å²) < 4.78 is 5.94. The molecule has 0 aliphatic carbocycles. The van der Waals surface area contributed by atoms with Crippen LogP contribution in [0.25, 0.3) is 0 Å². The van der Waals surface area contributed by atoms with Gasteiger partial charge < -0.3 is 25.6 Å². The molecule has 1 saturated heterocycles. The highest BCUT2D eigenvalue weighted by atomic mass is 32.1. The third kappa shape index (κ3) is 8.26.